The van der Waals surface area contributed by atoms with Crippen molar-refractivity contribution in [3.63, 3.8) is 0 Å². The molecule has 1 aromatic heterocycles. The number of pyridine rings is 1. The number of ether oxygens (including phenoxy) is 2. The zero-order valence-electron chi connectivity index (χ0n) is 15.7. The number of anilines is 1. The summed E-state index contributed by atoms with van der Waals surface area (Å²) >= 11 is 0. The Bertz CT molecular complexity index is 1170. The van der Waals surface area contributed by atoms with Gasteiger partial charge in [0.05, 0.1) is 11.3 Å². The van der Waals surface area contributed by atoms with Crippen LogP contribution in [0.15, 0.2) is 78.5 Å². The third kappa shape index (κ3) is 2.79. The molecule has 3 aromatic rings. The number of aliphatic hydroxyl groups excluding tert-OH is 1. The summed E-state index contributed by atoms with van der Waals surface area (Å²) in [4.78, 5) is 31.7. The number of rotatable bonds is 3. The molecule has 1 amide bonds. The number of aromatic nitrogens is 1. The molecular weight excluding hydrogens is 384 g/mol. The number of ketones is 1. The molecule has 0 aliphatic carbocycles. The van der Waals surface area contributed by atoms with Crippen LogP contribution in [0, 0.1) is 0 Å². The van der Waals surface area contributed by atoms with Crippen LogP contribution in [0.25, 0.3) is 5.76 Å². The fourth-order valence-corrected chi connectivity index (χ4v) is 3.70. The van der Waals surface area contributed by atoms with Crippen molar-refractivity contribution in [3.05, 3.63) is 89.8 Å². The topological polar surface area (TPSA) is 89.0 Å². The molecule has 1 unspecified atom stereocenters. The minimum absolute atomic E-state index is 0.0265. The third-order valence-corrected chi connectivity index (χ3v) is 5.09. The first-order chi connectivity index (χ1) is 14.6. The Labute approximate surface area is 171 Å². The molecular formula is C23H16N2O5. The highest BCUT2D eigenvalue weighted by Gasteiger charge is 2.47. The van der Waals surface area contributed by atoms with Crippen LogP contribution in [-0.2, 0) is 9.59 Å². The van der Waals surface area contributed by atoms with Crippen molar-refractivity contribution in [3.8, 4) is 11.5 Å². The maximum atomic E-state index is 13.0. The summed E-state index contributed by atoms with van der Waals surface area (Å²) in [5.41, 5.74) is 1.34. The van der Waals surface area contributed by atoms with E-state index >= 15 is 0 Å². The van der Waals surface area contributed by atoms with Gasteiger partial charge in [0, 0.05) is 17.4 Å². The predicted molar refractivity (Wildman–Crippen MR) is 108 cm³/mol. The van der Waals surface area contributed by atoms with E-state index in [1.165, 1.54) is 4.90 Å². The number of carbonyl (C=O) groups excluding carboxylic acids is 2. The van der Waals surface area contributed by atoms with E-state index in [1.807, 2.05) is 6.07 Å². The molecule has 0 spiro atoms. The molecule has 7 heteroatoms. The second-order valence-electron chi connectivity index (χ2n) is 6.83. The van der Waals surface area contributed by atoms with Gasteiger partial charge in [0.25, 0.3) is 11.7 Å². The van der Waals surface area contributed by atoms with Crippen molar-refractivity contribution in [2.45, 2.75) is 6.04 Å². The van der Waals surface area contributed by atoms with Gasteiger partial charge in [0.1, 0.15) is 11.8 Å². The number of Topliss-reactive ketones (excluding diaryl/α,β-unsaturated/α-hetero) is 1. The summed E-state index contributed by atoms with van der Waals surface area (Å²) in [6.07, 6.45) is 1.58. The molecule has 7 nitrogen and oxygen atoms in total. The Morgan fingerprint density at radius 2 is 1.73 bits per heavy atom. The summed E-state index contributed by atoms with van der Waals surface area (Å²) in [6.45, 7) is 0.0892. The van der Waals surface area contributed by atoms with Crippen LogP contribution < -0.4 is 14.4 Å². The number of aliphatic hydroxyl groups is 1. The van der Waals surface area contributed by atoms with Crippen LogP contribution in [0.2, 0.25) is 0 Å². The average Bonchev–Trinajstić information content (AvgIpc) is 3.36. The molecule has 148 valence electrons. The summed E-state index contributed by atoms with van der Waals surface area (Å²) < 4.78 is 10.7. The van der Waals surface area contributed by atoms with Crippen molar-refractivity contribution in [1.82, 2.24) is 4.98 Å². The maximum absolute atomic E-state index is 13.0. The van der Waals surface area contributed by atoms with E-state index in [0.29, 0.717) is 28.4 Å². The first kappa shape index (κ1) is 17.9. The normalized spacial score (nSPS) is 19.3. The smallest absolute Gasteiger partial charge is 0.300 e. The molecule has 2 aromatic carbocycles. The number of benzene rings is 2. The molecule has 2 aliphatic heterocycles. The minimum atomic E-state index is -0.862. The Balaban J connectivity index is 1.70. The molecule has 1 atom stereocenters. The number of fused-ring (bicyclic) bond motifs is 1. The van der Waals surface area contributed by atoms with Gasteiger partial charge in [-0.2, -0.15) is 0 Å². The quantitative estimate of drug-likeness (QED) is 0.412. The second kappa shape index (κ2) is 7.04. The molecule has 1 saturated heterocycles. The first-order valence-electron chi connectivity index (χ1n) is 9.32. The zero-order valence-corrected chi connectivity index (χ0v) is 15.7. The monoisotopic (exact) mass is 400 g/mol. The molecule has 1 N–H and O–H groups in total. The van der Waals surface area contributed by atoms with Gasteiger partial charge in [-0.15, -0.1) is 0 Å². The lowest BCUT2D eigenvalue weighted by Crippen LogP contribution is -2.29. The Kier molecular flexibility index (Phi) is 4.21. The highest BCUT2D eigenvalue weighted by molar-refractivity contribution is 6.51. The van der Waals surface area contributed by atoms with E-state index < -0.39 is 17.7 Å². The fraction of sp³-hybridized carbons (Fsp3) is 0.0870. The number of hydrogen-bond acceptors (Lipinski definition) is 6. The van der Waals surface area contributed by atoms with Crippen molar-refractivity contribution in [1.29, 1.82) is 0 Å². The van der Waals surface area contributed by atoms with E-state index in [-0.39, 0.29) is 18.1 Å². The molecule has 3 heterocycles. The lowest BCUT2D eigenvalue weighted by atomic mass is 9.98. The van der Waals surface area contributed by atoms with Crippen LogP contribution in [0.4, 0.5) is 5.69 Å². The minimum Gasteiger partial charge on any atom is -0.507 e. The van der Waals surface area contributed by atoms with Crippen molar-refractivity contribution in [2.75, 3.05) is 11.7 Å². The van der Waals surface area contributed by atoms with Crippen molar-refractivity contribution < 1.29 is 24.2 Å². The van der Waals surface area contributed by atoms with E-state index in [0.717, 1.165) is 0 Å². The molecule has 0 bridgehead atoms. The van der Waals surface area contributed by atoms with Crippen molar-refractivity contribution >= 4 is 23.1 Å². The second-order valence-corrected chi connectivity index (χ2v) is 6.83. The lowest BCUT2D eigenvalue weighted by Gasteiger charge is -2.24. The largest absolute Gasteiger partial charge is 0.507 e. The highest BCUT2D eigenvalue weighted by Crippen LogP contribution is 2.42. The van der Waals surface area contributed by atoms with Crippen LogP contribution in [0.3, 0.4) is 0 Å². The first-order valence-corrected chi connectivity index (χ1v) is 9.32. The van der Waals surface area contributed by atoms with Gasteiger partial charge in [0.2, 0.25) is 6.79 Å². The van der Waals surface area contributed by atoms with E-state index in [9.17, 15) is 14.7 Å². The van der Waals surface area contributed by atoms with E-state index in [2.05, 4.69) is 4.98 Å². The van der Waals surface area contributed by atoms with Crippen LogP contribution in [-0.4, -0.2) is 28.6 Å². The summed E-state index contributed by atoms with van der Waals surface area (Å²) in [5.74, 6) is -0.771. The average molecular weight is 400 g/mol. The van der Waals surface area contributed by atoms with Gasteiger partial charge in [-0.1, -0.05) is 24.3 Å². The Hall–Kier alpha value is -4.13. The Morgan fingerprint density at radius 3 is 2.50 bits per heavy atom. The molecule has 0 saturated carbocycles. The number of para-hydroxylation sites is 1. The predicted octanol–water partition coefficient (Wildman–Crippen LogP) is 3.44. The van der Waals surface area contributed by atoms with Gasteiger partial charge in [-0.05, 0) is 42.5 Å². The lowest BCUT2D eigenvalue weighted by molar-refractivity contribution is -0.132. The van der Waals surface area contributed by atoms with Gasteiger partial charge in [0.15, 0.2) is 11.5 Å². The van der Waals surface area contributed by atoms with Crippen LogP contribution in [0.1, 0.15) is 17.3 Å². The maximum Gasteiger partial charge on any atom is 0.300 e. The summed E-state index contributed by atoms with van der Waals surface area (Å²) in [6, 6.07) is 18.1. The Morgan fingerprint density at radius 1 is 0.967 bits per heavy atom. The number of hydrogen-bond donors (Lipinski definition) is 1. The molecule has 2 aliphatic rings. The highest BCUT2D eigenvalue weighted by atomic mass is 16.7. The van der Waals surface area contributed by atoms with Crippen molar-refractivity contribution in [2.24, 2.45) is 0 Å². The standard InChI is InChI=1S/C23H16N2O5/c26-21(14-9-10-17-18(12-14)30-13-29-17)19-20(16-8-4-5-11-24-16)25(23(28)22(19)27)15-6-2-1-3-7-15/h1-12,20,26H,13H2/b21-19-. The molecule has 1 fully saturated rings. The van der Waals surface area contributed by atoms with Crippen LogP contribution >= 0.6 is 0 Å². The van der Waals surface area contributed by atoms with Crippen LogP contribution in [0.5, 0.6) is 11.5 Å². The van der Waals surface area contributed by atoms with Gasteiger partial charge >= 0.3 is 0 Å². The van der Waals surface area contributed by atoms with Gasteiger partial charge in [-0.3, -0.25) is 19.5 Å². The SMILES string of the molecule is O=C1C(=O)N(c2ccccc2)C(c2ccccn2)/C1=C(/O)c1ccc2c(c1)OCO2. The van der Waals surface area contributed by atoms with E-state index in [4.69, 9.17) is 9.47 Å². The summed E-state index contributed by atoms with van der Waals surface area (Å²) in [5, 5.41) is 11.1. The molecule has 0 radical (unpaired) electrons. The zero-order chi connectivity index (χ0) is 20.7. The number of nitrogens with zero attached hydrogens (tertiary/aromatic N) is 2. The third-order valence-electron chi connectivity index (χ3n) is 5.09. The van der Waals surface area contributed by atoms with Gasteiger partial charge < -0.3 is 14.6 Å². The molecule has 5 rings (SSSR count). The molecule has 30 heavy (non-hydrogen) atoms. The number of amides is 1. The fourth-order valence-electron chi connectivity index (χ4n) is 3.70. The van der Waals surface area contributed by atoms with E-state index in [1.54, 1.807) is 66.9 Å². The van der Waals surface area contributed by atoms with Gasteiger partial charge in [-0.25, -0.2) is 0 Å². The summed E-state index contributed by atoms with van der Waals surface area (Å²) in [7, 11) is 0. The number of carbonyl (C=O) groups is 2.